The van der Waals surface area contributed by atoms with Crippen LogP contribution in [0.2, 0.25) is 4.55 Å². The van der Waals surface area contributed by atoms with Gasteiger partial charge < -0.3 is 9.90 Å². The van der Waals surface area contributed by atoms with Crippen LogP contribution in [0.15, 0.2) is 0 Å². The molecule has 13 heavy (non-hydrogen) atoms. The SMILES string of the molecule is CCCCCC(=O)[O-].CCC[CH2][Mg+]. The molecule has 0 bridgehead atoms. The molecule has 2 nitrogen and oxygen atoms in total. The second kappa shape index (κ2) is 14.7. The second-order valence-electron chi connectivity index (χ2n) is 3.04. The fourth-order valence-electron chi connectivity index (χ4n) is 0.769. The van der Waals surface area contributed by atoms with Gasteiger partial charge in [-0.3, -0.25) is 0 Å². The zero-order valence-electron chi connectivity index (χ0n) is 8.97. The molecule has 3 heteroatoms. The van der Waals surface area contributed by atoms with Gasteiger partial charge in [-0.2, -0.15) is 0 Å². The third kappa shape index (κ3) is 24.5. The Morgan fingerprint density at radius 1 is 1.15 bits per heavy atom. The molecule has 0 aliphatic heterocycles. The molecule has 0 heterocycles. The number of unbranched alkanes of at least 4 members (excludes halogenated alkanes) is 3. The van der Waals surface area contributed by atoms with Gasteiger partial charge in [-0.15, -0.1) is 0 Å². The molecule has 0 atom stereocenters. The van der Waals surface area contributed by atoms with E-state index in [1.54, 1.807) is 0 Å². The summed E-state index contributed by atoms with van der Waals surface area (Å²) in [4.78, 5) is 9.76. The Kier molecular flexibility index (Phi) is 17.8. The molecule has 0 spiro atoms. The fourth-order valence-corrected chi connectivity index (χ4v) is 1.27. The van der Waals surface area contributed by atoms with Crippen molar-refractivity contribution in [1.29, 1.82) is 0 Å². The van der Waals surface area contributed by atoms with Crippen LogP contribution in [0, 0.1) is 0 Å². The first-order valence-corrected chi connectivity index (χ1v) is 6.18. The van der Waals surface area contributed by atoms with Crippen LogP contribution in [0.1, 0.15) is 52.4 Å². The van der Waals surface area contributed by atoms with Crippen molar-refractivity contribution in [3.63, 3.8) is 0 Å². The van der Waals surface area contributed by atoms with Crippen LogP contribution in [-0.2, 0) is 4.79 Å². The van der Waals surface area contributed by atoms with Crippen LogP contribution in [0.25, 0.3) is 0 Å². The number of carbonyl (C=O) groups is 1. The van der Waals surface area contributed by atoms with E-state index in [1.807, 2.05) is 28.6 Å². The van der Waals surface area contributed by atoms with E-state index in [2.05, 4.69) is 6.92 Å². The normalized spacial score (nSPS) is 8.92. The molecule has 0 aromatic carbocycles. The standard InChI is InChI=1S/C6H12O2.C4H9.Mg/c1-2-3-4-5-6(7)8;1-3-4-2;/h2-5H2,1H3,(H,7,8);1,3-4H2,2H3;/q;;+1/p-1. The number of carboxylic acid groups (broad SMARTS) is 1. The predicted octanol–water partition coefficient (Wildman–Crippen LogP) is 1.69. The zero-order chi connectivity index (χ0) is 10.5. The summed E-state index contributed by atoms with van der Waals surface area (Å²) in [6.45, 7) is 4.25. The van der Waals surface area contributed by atoms with Crippen LogP contribution < -0.4 is 5.11 Å². The molecule has 0 saturated heterocycles. The summed E-state index contributed by atoms with van der Waals surface area (Å²) >= 11 is 2.05. The minimum atomic E-state index is -0.932. The van der Waals surface area contributed by atoms with Gasteiger partial charge in [0.1, 0.15) is 0 Å². The number of aliphatic carboxylic acids is 1. The summed E-state index contributed by atoms with van der Waals surface area (Å²) in [6, 6.07) is 0. The molecule has 0 rings (SSSR count). The molecule has 0 radical (unpaired) electrons. The third-order valence-corrected chi connectivity index (χ3v) is 2.09. The van der Waals surface area contributed by atoms with E-state index in [4.69, 9.17) is 0 Å². The Morgan fingerprint density at radius 2 is 1.69 bits per heavy atom. The first-order chi connectivity index (χ1) is 6.18. The first kappa shape index (κ1) is 15.7. The molecule has 0 N–H and O–H groups in total. The molecule has 0 aliphatic rings. The quantitative estimate of drug-likeness (QED) is 0.479. The molecule has 0 amide bonds. The van der Waals surface area contributed by atoms with E-state index >= 15 is 0 Å². The molecular formula is C10H20MgO2. The molecule has 0 saturated carbocycles. The number of carboxylic acids is 1. The van der Waals surface area contributed by atoms with Gasteiger partial charge >= 0.3 is 46.0 Å². The Bertz CT molecular complexity index is 103. The summed E-state index contributed by atoms with van der Waals surface area (Å²) in [5.74, 6) is -0.932. The summed E-state index contributed by atoms with van der Waals surface area (Å²) in [7, 11) is 0. The van der Waals surface area contributed by atoms with Crippen LogP contribution in [0.3, 0.4) is 0 Å². The molecule has 74 valence electrons. The minimum absolute atomic E-state index is 0.216. The van der Waals surface area contributed by atoms with Crippen molar-refractivity contribution in [2.75, 3.05) is 0 Å². The number of hydrogen-bond acceptors (Lipinski definition) is 2. The maximum absolute atomic E-state index is 9.76. The van der Waals surface area contributed by atoms with Crippen LogP contribution in [-0.4, -0.2) is 27.7 Å². The van der Waals surface area contributed by atoms with Gasteiger partial charge in [0, 0.05) is 5.97 Å². The Morgan fingerprint density at radius 3 is 1.92 bits per heavy atom. The zero-order valence-corrected chi connectivity index (χ0v) is 10.4. The molecular weight excluding hydrogens is 176 g/mol. The van der Waals surface area contributed by atoms with E-state index in [-0.39, 0.29) is 6.42 Å². The molecule has 0 aliphatic carbocycles. The van der Waals surface area contributed by atoms with Crippen LogP contribution in [0.5, 0.6) is 0 Å². The maximum atomic E-state index is 9.76. The van der Waals surface area contributed by atoms with Crippen molar-refractivity contribution in [3.05, 3.63) is 0 Å². The average Bonchev–Trinajstić information content (AvgIpc) is 2.07. The number of rotatable bonds is 6. The monoisotopic (exact) mass is 196 g/mol. The van der Waals surface area contributed by atoms with Crippen molar-refractivity contribution in [2.45, 2.75) is 56.9 Å². The van der Waals surface area contributed by atoms with E-state index in [9.17, 15) is 9.90 Å². The summed E-state index contributed by atoms with van der Waals surface area (Å²) < 4.78 is 1.37. The van der Waals surface area contributed by atoms with Crippen molar-refractivity contribution in [1.82, 2.24) is 0 Å². The van der Waals surface area contributed by atoms with Gasteiger partial charge in [0.2, 0.25) is 0 Å². The van der Waals surface area contributed by atoms with Crippen molar-refractivity contribution in [2.24, 2.45) is 0 Å². The van der Waals surface area contributed by atoms with E-state index in [0.717, 1.165) is 19.3 Å². The second-order valence-corrected chi connectivity index (χ2v) is 3.74. The Labute approximate surface area is 94.5 Å². The topological polar surface area (TPSA) is 40.1 Å². The summed E-state index contributed by atoms with van der Waals surface area (Å²) in [6.07, 6.45) is 5.79. The Hall–Kier alpha value is 0.236. The summed E-state index contributed by atoms with van der Waals surface area (Å²) in [5, 5.41) is 9.76. The molecule has 0 aromatic heterocycles. The van der Waals surface area contributed by atoms with E-state index < -0.39 is 5.97 Å². The van der Waals surface area contributed by atoms with Crippen molar-refractivity contribution < 1.29 is 9.90 Å². The average molecular weight is 197 g/mol. The number of carbonyl (C=O) groups excluding carboxylic acids is 1. The van der Waals surface area contributed by atoms with Gasteiger partial charge in [-0.05, 0) is 12.8 Å². The van der Waals surface area contributed by atoms with Crippen LogP contribution in [0.4, 0.5) is 0 Å². The molecule has 0 fully saturated rings. The third-order valence-electron chi connectivity index (χ3n) is 1.59. The summed E-state index contributed by atoms with van der Waals surface area (Å²) in [5.41, 5.74) is 0. The van der Waals surface area contributed by atoms with Gasteiger partial charge in [-0.1, -0.05) is 19.8 Å². The van der Waals surface area contributed by atoms with E-state index in [1.165, 1.54) is 17.4 Å². The predicted molar refractivity (Wildman–Crippen MR) is 54.6 cm³/mol. The Balaban J connectivity index is 0. The van der Waals surface area contributed by atoms with Crippen molar-refractivity contribution in [3.8, 4) is 0 Å². The van der Waals surface area contributed by atoms with Gasteiger partial charge in [0.25, 0.3) is 0 Å². The molecule has 0 unspecified atom stereocenters. The van der Waals surface area contributed by atoms with Crippen LogP contribution >= 0.6 is 0 Å². The van der Waals surface area contributed by atoms with Crippen molar-refractivity contribution >= 4 is 27.7 Å². The number of hydrogen-bond donors (Lipinski definition) is 0. The van der Waals surface area contributed by atoms with E-state index in [0.29, 0.717) is 0 Å². The van der Waals surface area contributed by atoms with Gasteiger partial charge in [-0.25, -0.2) is 0 Å². The fraction of sp³-hybridized carbons (Fsp3) is 0.900. The molecule has 0 aromatic rings. The first-order valence-electron chi connectivity index (χ1n) is 5.18. The van der Waals surface area contributed by atoms with Gasteiger partial charge in [0.15, 0.2) is 0 Å². The van der Waals surface area contributed by atoms with Gasteiger partial charge in [0.05, 0.1) is 0 Å².